The Kier molecular flexibility index (Phi) is 5.23. The number of nitrogens with one attached hydrogen (secondary N) is 1. The highest BCUT2D eigenvalue weighted by Crippen LogP contribution is 2.29. The van der Waals surface area contributed by atoms with Gasteiger partial charge in [0, 0.05) is 5.02 Å². The first kappa shape index (κ1) is 15.8. The lowest BCUT2D eigenvalue weighted by Crippen LogP contribution is -2.29. The molecule has 0 aromatic heterocycles. The molecule has 0 fully saturated rings. The summed E-state index contributed by atoms with van der Waals surface area (Å²) in [5.74, 6) is 6.57. The molecule has 4 heteroatoms. The van der Waals surface area contributed by atoms with Crippen LogP contribution in [0, 0.1) is 6.92 Å². The van der Waals surface area contributed by atoms with Crippen LogP contribution in [0.1, 0.15) is 36.6 Å². The van der Waals surface area contributed by atoms with Crippen LogP contribution in [0.2, 0.25) is 5.02 Å². The third-order valence-corrected chi connectivity index (χ3v) is 3.55. The summed E-state index contributed by atoms with van der Waals surface area (Å²) in [5.41, 5.74) is 5.96. The molecular formula is C17H21ClN2O. The second-order valence-electron chi connectivity index (χ2n) is 5.36. The van der Waals surface area contributed by atoms with E-state index in [1.165, 1.54) is 0 Å². The van der Waals surface area contributed by atoms with Crippen LogP contribution >= 0.6 is 11.6 Å². The summed E-state index contributed by atoms with van der Waals surface area (Å²) in [6.07, 6.45) is 0.158. The lowest BCUT2D eigenvalue weighted by atomic mass is 9.98. The number of ether oxygens (including phenoxy) is 1. The minimum atomic E-state index is -0.147. The van der Waals surface area contributed by atoms with Crippen molar-refractivity contribution in [2.45, 2.75) is 32.9 Å². The van der Waals surface area contributed by atoms with E-state index in [2.05, 4.69) is 5.43 Å². The highest BCUT2D eigenvalue weighted by atomic mass is 35.5. The highest BCUT2D eigenvalue weighted by Gasteiger charge is 2.15. The SMILES string of the molecule is Cc1ccc(C(NN)c2ccc(OC(C)C)cc2)c(Cl)c1. The van der Waals surface area contributed by atoms with Gasteiger partial charge in [-0.2, -0.15) is 0 Å². The zero-order chi connectivity index (χ0) is 15.4. The number of halogens is 1. The van der Waals surface area contributed by atoms with Crippen molar-refractivity contribution in [2.75, 3.05) is 0 Å². The number of hydrogen-bond acceptors (Lipinski definition) is 3. The Morgan fingerprint density at radius 3 is 2.29 bits per heavy atom. The molecule has 112 valence electrons. The van der Waals surface area contributed by atoms with Gasteiger partial charge in [0.15, 0.2) is 0 Å². The fraction of sp³-hybridized carbons (Fsp3) is 0.294. The molecule has 0 bridgehead atoms. The van der Waals surface area contributed by atoms with Crippen LogP contribution in [0.25, 0.3) is 0 Å². The van der Waals surface area contributed by atoms with Crippen molar-refractivity contribution in [1.29, 1.82) is 0 Å². The zero-order valence-corrected chi connectivity index (χ0v) is 13.3. The molecular weight excluding hydrogens is 284 g/mol. The number of nitrogens with two attached hydrogens (primary N) is 1. The van der Waals surface area contributed by atoms with Gasteiger partial charge in [-0.3, -0.25) is 5.84 Å². The van der Waals surface area contributed by atoms with Crippen LogP contribution in [0.4, 0.5) is 0 Å². The maximum atomic E-state index is 6.33. The van der Waals surface area contributed by atoms with Crippen LogP contribution in [-0.2, 0) is 0 Å². The van der Waals surface area contributed by atoms with Gasteiger partial charge in [-0.1, -0.05) is 35.9 Å². The molecule has 0 radical (unpaired) electrons. The minimum absolute atomic E-state index is 0.147. The molecule has 0 heterocycles. The summed E-state index contributed by atoms with van der Waals surface area (Å²) in [4.78, 5) is 0. The fourth-order valence-electron chi connectivity index (χ4n) is 2.24. The quantitative estimate of drug-likeness (QED) is 0.648. The second-order valence-corrected chi connectivity index (χ2v) is 5.77. The molecule has 0 amide bonds. The molecule has 2 aromatic carbocycles. The Hall–Kier alpha value is -1.55. The van der Waals surface area contributed by atoms with Crippen LogP contribution in [0.5, 0.6) is 5.75 Å². The first-order valence-electron chi connectivity index (χ1n) is 7.00. The largest absolute Gasteiger partial charge is 0.491 e. The van der Waals surface area contributed by atoms with Gasteiger partial charge in [0.2, 0.25) is 0 Å². The molecule has 2 rings (SSSR count). The van der Waals surface area contributed by atoms with Crippen LogP contribution < -0.4 is 16.0 Å². The van der Waals surface area contributed by atoms with E-state index >= 15 is 0 Å². The molecule has 1 unspecified atom stereocenters. The maximum Gasteiger partial charge on any atom is 0.119 e. The van der Waals surface area contributed by atoms with Gasteiger partial charge >= 0.3 is 0 Å². The lowest BCUT2D eigenvalue weighted by Gasteiger charge is -2.19. The smallest absolute Gasteiger partial charge is 0.119 e. The third kappa shape index (κ3) is 3.97. The van der Waals surface area contributed by atoms with E-state index in [9.17, 15) is 0 Å². The molecule has 0 spiro atoms. The summed E-state index contributed by atoms with van der Waals surface area (Å²) in [6.45, 7) is 6.02. The summed E-state index contributed by atoms with van der Waals surface area (Å²) in [6, 6.07) is 13.7. The number of hydrazine groups is 1. The molecule has 0 aliphatic carbocycles. The van der Waals surface area contributed by atoms with E-state index in [0.29, 0.717) is 5.02 Å². The Morgan fingerprint density at radius 1 is 1.10 bits per heavy atom. The third-order valence-electron chi connectivity index (χ3n) is 3.22. The predicted molar refractivity (Wildman–Crippen MR) is 87.6 cm³/mol. The van der Waals surface area contributed by atoms with Crippen molar-refractivity contribution in [3.63, 3.8) is 0 Å². The second kappa shape index (κ2) is 6.94. The van der Waals surface area contributed by atoms with Crippen LogP contribution in [0.15, 0.2) is 42.5 Å². The number of benzene rings is 2. The predicted octanol–water partition coefficient (Wildman–Crippen LogP) is 3.99. The molecule has 3 nitrogen and oxygen atoms in total. The van der Waals surface area contributed by atoms with Crippen molar-refractivity contribution in [3.05, 3.63) is 64.2 Å². The van der Waals surface area contributed by atoms with E-state index in [0.717, 1.165) is 22.4 Å². The van der Waals surface area contributed by atoms with Gasteiger partial charge in [0.25, 0.3) is 0 Å². The van der Waals surface area contributed by atoms with Crippen molar-refractivity contribution >= 4 is 11.6 Å². The van der Waals surface area contributed by atoms with E-state index in [4.69, 9.17) is 22.2 Å². The van der Waals surface area contributed by atoms with Crippen LogP contribution in [0.3, 0.4) is 0 Å². The number of aryl methyl sites for hydroxylation is 1. The van der Waals surface area contributed by atoms with E-state index in [-0.39, 0.29) is 12.1 Å². The average Bonchev–Trinajstić information content (AvgIpc) is 2.43. The molecule has 0 saturated carbocycles. The molecule has 0 aliphatic rings. The van der Waals surface area contributed by atoms with E-state index in [1.54, 1.807) is 0 Å². The molecule has 0 aliphatic heterocycles. The molecule has 0 saturated heterocycles. The zero-order valence-electron chi connectivity index (χ0n) is 12.6. The summed E-state index contributed by atoms with van der Waals surface area (Å²) in [7, 11) is 0. The summed E-state index contributed by atoms with van der Waals surface area (Å²) >= 11 is 6.33. The van der Waals surface area contributed by atoms with E-state index < -0.39 is 0 Å². The monoisotopic (exact) mass is 304 g/mol. The molecule has 1 atom stereocenters. The maximum absolute atomic E-state index is 6.33. The number of hydrogen-bond donors (Lipinski definition) is 2. The summed E-state index contributed by atoms with van der Waals surface area (Å²) < 4.78 is 5.65. The minimum Gasteiger partial charge on any atom is -0.491 e. The van der Waals surface area contributed by atoms with Crippen molar-refractivity contribution in [3.8, 4) is 5.75 Å². The molecule has 21 heavy (non-hydrogen) atoms. The van der Waals surface area contributed by atoms with Crippen molar-refractivity contribution in [1.82, 2.24) is 5.43 Å². The normalized spacial score (nSPS) is 12.5. The Labute approximate surface area is 131 Å². The van der Waals surface area contributed by atoms with Crippen LogP contribution in [-0.4, -0.2) is 6.10 Å². The number of rotatable bonds is 5. The Bertz CT molecular complexity index is 596. The Balaban J connectivity index is 2.28. The highest BCUT2D eigenvalue weighted by molar-refractivity contribution is 6.31. The van der Waals surface area contributed by atoms with Gasteiger partial charge in [0.05, 0.1) is 12.1 Å². The first-order valence-corrected chi connectivity index (χ1v) is 7.38. The fourth-order valence-corrected chi connectivity index (χ4v) is 2.59. The van der Waals surface area contributed by atoms with Gasteiger partial charge in [-0.15, -0.1) is 0 Å². The molecule has 2 aromatic rings. The van der Waals surface area contributed by atoms with Gasteiger partial charge in [0.1, 0.15) is 5.75 Å². The molecule has 3 N–H and O–H groups in total. The average molecular weight is 305 g/mol. The Morgan fingerprint density at radius 2 is 1.76 bits per heavy atom. The van der Waals surface area contributed by atoms with E-state index in [1.807, 2.05) is 63.2 Å². The lowest BCUT2D eigenvalue weighted by molar-refractivity contribution is 0.242. The van der Waals surface area contributed by atoms with Crippen molar-refractivity contribution < 1.29 is 4.74 Å². The van der Waals surface area contributed by atoms with Gasteiger partial charge in [-0.25, -0.2) is 5.43 Å². The topological polar surface area (TPSA) is 47.3 Å². The van der Waals surface area contributed by atoms with Gasteiger partial charge in [-0.05, 0) is 55.7 Å². The standard InChI is InChI=1S/C17H21ClN2O/c1-11(2)21-14-7-5-13(6-8-14)17(20-19)15-9-4-12(3)10-16(15)18/h4-11,17,20H,19H2,1-3H3. The van der Waals surface area contributed by atoms with Gasteiger partial charge < -0.3 is 4.74 Å². The summed E-state index contributed by atoms with van der Waals surface area (Å²) in [5, 5.41) is 0.709. The van der Waals surface area contributed by atoms with Crippen molar-refractivity contribution in [2.24, 2.45) is 5.84 Å². The first-order chi connectivity index (χ1) is 10.0.